The lowest BCUT2D eigenvalue weighted by molar-refractivity contribution is -0.234. The van der Waals surface area contributed by atoms with Gasteiger partial charge in [-0.25, -0.2) is 0 Å². The molecule has 6 aliphatic rings. The summed E-state index contributed by atoms with van der Waals surface area (Å²) < 4.78 is 5.92. The third-order valence-electron chi connectivity index (χ3n) is 15.6. The molecule has 244 valence electrons. The molecule has 1 saturated heterocycles. The Morgan fingerprint density at radius 3 is 2.23 bits per heavy atom. The first kappa shape index (κ1) is 32.1. The van der Waals surface area contributed by atoms with Crippen molar-refractivity contribution in [3.05, 3.63) is 11.6 Å². The highest BCUT2D eigenvalue weighted by molar-refractivity contribution is 5.91. The molecule has 5 N–H and O–H groups in total. The number of hydrogen-bond donors (Lipinski definition) is 5. The first-order valence-corrected chi connectivity index (χ1v) is 17.2. The molecule has 0 aromatic rings. The van der Waals surface area contributed by atoms with Gasteiger partial charge >= 0.3 is 0 Å². The maximum absolute atomic E-state index is 14.8. The normalized spacial score (nSPS) is 56.1. The maximum atomic E-state index is 14.8. The minimum absolute atomic E-state index is 0.0165. The zero-order chi connectivity index (χ0) is 31.5. The Labute approximate surface area is 258 Å². The summed E-state index contributed by atoms with van der Waals surface area (Å²) in [4.78, 5) is 14.8. The van der Waals surface area contributed by atoms with Crippen LogP contribution < -0.4 is 0 Å². The van der Waals surface area contributed by atoms with Gasteiger partial charge in [0.2, 0.25) is 0 Å². The van der Waals surface area contributed by atoms with Crippen LogP contribution in [0.3, 0.4) is 0 Å². The van der Waals surface area contributed by atoms with E-state index in [-0.39, 0.29) is 45.4 Å². The molecule has 0 aromatic heterocycles. The number of aliphatic hydroxyl groups is 5. The van der Waals surface area contributed by atoms with Gasteiger partial charge in [0, 0.05) is 5.41 Å². The lowest BCUT2D eigenvalue weighted by Gasteiger charge is -2.71. The molecular weight excluding hydrogens is 544 g/mol. The number of aliphatic hydroxyl groups excluding tert-OH is 5. The fourth-order valence-electron chi connectivity index (χ4n) is 12.5. The summed E-state index contributed by atoms with van der Waals surface area (Å²) in [5, 5.41) is 52.9. The Kier molecular flexibility index (Phi) is 7.72. The van der Waals surface area contributed by atoms with E-state index in [2.05, 4.69) is 54.5 Å². The van der Waals surface area contributed by atoms with Gasteiger partial charge in [0.15, 0.2) is 5.78 Å². The second kappa shape index (κ2) is 10.3. The molecule has 7 nitrogen and oxygen atoms in total. The number of fused-ring (bicyclic) bond motifs is 7. The Hall–Kier alpha value is -0.830. The predicted octanol–water partition coefficient (Wildman–Crippen LogP) is 4.42. The Morgan fingerprint density at radius 2 is 1.56 bits per heavy atom. The van der Waals surface area contributed by atoms with Crippen LogP contribution in [0.4, 0.5) is 0 Å². The summed E-state index contributed by atoms with van der Waals surface area (Å²) in [6.07, 6.45) is 3.71. The molecule has 5 aliphatic carbocycles. The highest BCUT2D eigenvalue weighted by Crippen LogP contribution is 2.76. The van der Waals surface area contributed by atoms with Crippen LogP contribution in [0.15, 0.2) is 11.6 Å². The number of allylic oxidation sites excluding steroid dienone is 2. The van der Waals surface area contributed by atoms with Gasteiger partial charge in [-0.2, -0.15) is 0 Å². The van der Waals surface area contributed by atoms with E-state index in [1.54, 1.807) is 0 Å². The minimum Gasteiger partial charge on any atom is -0.394 e. The van der Waals surface area contributed by atoms with E-state index >= 15 is 0 Å². The average molecular weight is 603 g/mol. The van der Waals surface area contributed by atoms with Gasteiger partial charge in [-0.05, 0) is 109 Å². The van der Waals surface area contributed by atoms with E-state index in [0.717, 1.165) is 51.4 Å². The molecular formula is C36H58O7. The van der Waals surface area contributed by atoms with E-state index in [9.17, 15) is 30.3 Å². The van der Waals surface area contributed by atoms with Crippen molar-refractivity contribution in [3.63, 3.8) is 0 Å². The molecule has 7 heteroatoms. The third-order valence-corrected chi connectivity index (χ3v) is 15.6. The SMILES string of the molecule is C[C@@H]1CC[C@]2(C(=O)[C@@H]3OC(CO)[C@@H](O)[C@H](O)C3O)CC[C@]3(C)C(=CCC4[C@@]5(C)CC[C@@H](O)C(C)(C)C5CC[C@]43C)C2[C@H]1C. The Balaban J connectivity index is 1.41. The minimum atomic E-state index is -1.55. The van der Waals surface area contributed by atoms with Crippen LogP contribution >= 0.6 is 0 Å². The molecule has 0 spiro atoms. The highest BCUT2D eigenvalue weighted by atomic mass is 16.5. The van der Waals surface area contributed by atoms with E-state index in [1.165, 1.54) is 5.57 Å². The zero-order valence-electron chi connectivity index (χ0n) is 27.6. The summed E-state index contributed by atoms with van der Waals surface area (Å²) in [5.41, 5.74) is 0.746. The number of hydrogen-bond acceptors (Lipinski definition) is 7. The Morgan fingerprint density at radius 1 is 0.860 bits per heavy atom. The molecule has 1 heterocycles. The molecule has 0 amide bonds. The van der Waals surface area contributed by atoms with Crippen LogP contribution in [0.5, 0.6) is 0 Å². The first-order valence-electron chi connectivity index (χ1n) is 17.2. The molecule has 5 fully saturated rings. The molecule has 0 radical (unpaired) electrons. The zero-order valence-corrected chi connectivity index (χ0v) is 27.6. The highest BCUT2D eigenvalue weighted by Gasteiger charge is 2.70. The molecule has 6 rings (SSSR count). The number of ether oxygens (including phenoxy) is 1. The van der Waals surface area contributed by atoms with Crippen LogP contribution in [0.1, 0.15) is 106 Å². The molecule has 15 atom stereocenters. The van der Waals surface area contributed by atoms with Crippen LogP contribution in [-0.2, 0) is 9.53 Å². The quantitative estimate of drug-likeness (QED) is 0.303. The van der Waals surface area contributed by atoms with Gasteiger partial charge in [0.25, 0.3) is 0 Å². The lowest BCUT2D eigenvalue weighted by atomic mass is 9.33. The van der Waals surface area contributed by atoms with Crippen molar-refractivity contribution < 1.29 is 35.1 Å². The van der Waals surface area contributed by atoms with Crippen molar-refractivity contribution in [1.29, 1.82) is 0 Å². The van der Waals surface area contributed by atoms with Crippen molar-refractivity contribution in [2.24, 2.45) is 56.7 Å². The molecule has 0 aromatic carbocycles. The predicted molar refractivity (Wildman–Crippen MR) is 164 cm³/mol. The second-order valence-corrected chi connectivity index (χ2v) is 17.3. The van der Waals surface area contributed by atoms with Crippen LogP contribution in [0.25, 0.3) is 0 Å². The number of carbonyl (C=O) groups excluding carboxylic acids is 1. The van der Waals surface area contributed by atoms with Gasteiger partial charge in [-0.1, -0.05) is 60.1 Å². The van der Waals surface area contributed by atoms with Gasteiger partial charge in [-0.3, -0.25) is 4.79 Å². The summed E-state index contributed by atoms with van der Waals surface area (Å²) in [5.74, 6) is 1.55. The summed E-state index contributed by atoms with van der Waals surface area (Å²) in [6.45, 7) is 16.1. The number of rotatable bonds is 3. The van der Waals surface area contributed by atoms with Crippen molar-refractivity contribution in [3.8, 4) is 0 Å². The fraction of sp³-hybridized carbons (Fsp3) is 0.917. The topological polar surface area (TPSA) is 127 Å². The number of carbonyl (C=O) groups is 1. The largest absolute Gasteiger partial charge is 0.394 e. The van der Waals surface area contributed by atoms with Crippen LogP contribution in [0.2, 0.25) is 0 Å². The van der Waals surface area contributed by atoms with Crippen molar-refractivity contribution in [1.82, 2.24) is 0 Å². The first-order chi connectivity index (χ1) is 20.0. The fourth-order valence-corrected chi connectivity index (χ4v) is 12.5. The third kappa shape index (κ3) is 4.10. The molecule has 0 bridgehead atoms. The Bertz CT molecular complexity index is 1150. The summed E-state index contributed by atoms with van der Waals surface area (Å²) in [6, 6.07) is 0. The summed E-state index contributed by atoms with van der Waals surface area (Å²) in [7, 11) is 0. The van der Waals surface area contributed by atoms with Gasteiger partial charge in [0.1, 0.15) is 30.5 Å². The van der Waals surface area contributed by atoms with Crippen molar-refractivity contribution in [2.75, 3.05) is 6.61 Å². The second-order valence-electron chi connectivity index (χ2n) is 17.3. The number of ketones is 1. The molecule has 5 unspecified atom stereocenters. The van der Waals surface area contributed by atoms with Gasteiger partial charge < -0.3 is 30.3 Å². The average Bonchev–Trinajstić information content (AvgIpc) is 2.96. The maximum Gasteiger partial charge on any atom is 0.171 e. The smallest absolute Gasteiger partial charge is 0.171 e. The van der Waals surface area contributed by atoms with E-state index < -0.39 is 42.5 Å². The molecule has 43 heavy (non-hydrogen) atoms. The van der Waals surface area contributed by atoms with E-state index in [4.69, 9.17) is 4.74 Å². The number of Topliss-reactive ketones (excluding diaryl/α,β-unsaturated/α-hetero) is 1. The van der Waals surface area contributed by atoms with Crippen molar-refractivity contribution >= 4 is 5.78 Å². The molecule has 1 aliphatic heterocycles. The lowest BCUT2D eigenvalue weighted by Crippen LogP contribution is -2.67. The van der Waals surface area contributed by atoms with Crippen LogP contribution in [-0.4, -0.2) is 74.5 Å². The van der Waals surface area contributed by atoms with Crippen LogP contribution in [0, 0.1) is 56.7 Å². The monoisotopic (exact) mass is 602 g/mol. The van der Waals surface area contributed by atoms with E-state index in [0.29, 0.717) is 24.2 Å². The van der Waals surface area contributed by atoms with Crippen molar-refractivity contribution in [2.45, 2.75) is 143 Å². The standard InChI is InChI=1S/C36H58O7/c1-19-10-15-36(31(42)30-29(41)28(40)27(39)22(18-37)43-30)17-16-34(6)21(26(36)20(19)2)8-9-24-33(5)13-12-25(38)32(3,4)23(33)11-14-35(24,34)7/h8,19-20,22-30,37-41H,9-18H2,1-7H3/t19-,20+,22?,23?,24?,25-,26?,27-,28+,29?,30-,33+,34-,35-,36+/m1/s1. The van der Waals surface area contributed by atoms with E-state index in [1.807, 2.05) is 0 Å². The molecule has 4 saturated carbocycles. The van der Waals surface area contributed by atoms with Gasteiger partial charge in [-0.15, -0.1) is 0 Å². The summed E-state index contributed by atoms with van der Waals surface area (Å²) >= 11 is 0. The van der Waals surface area contributed by atoms with Gasteiger partial charge in [0.05, 0.1) is 12.7 Å².